The quantitative estimate of drug-likeness (QED) is 0.0261. The molecule has 0 heterocycles. The summed E-state index contributed by atoms with van der Waals surface area (Å²) in [6, 6.07) is 0. The second-order valence-electron chi connectivity index (χ2n) is 21.3. The topological polar surface area (TPSA) is 78.9 Å². The molecule has 0 aliphatic rings. The molecule has 424 valence electrons. The van der Waals surface area contributed by atoms with E-state index in [0.717, 1.165) is 96.3 Å². The summed E-state index contributed by atoms with van der Waals surface area (Å²) < 4.78 is 16.9. The molecule has 1 unspecified atom stereocenters. The highest BCUT2D eigenvalue weighted by atomic mass is 16.6. The molecule has 0 aromatic rings. The Hall–Kier alpha value is -2.89. The van der Waals surface area contributed by atoms with Gasteiger partial charge in [-0.15, -0.1) is 0 Å². The van der Waals surface area contributed by atoms with E-state index in [0.29, 0.717) is 19.3 Å². The van der Waals surface area contributed by atoms with Crippen LogP contribution in [0.2, 0.25) is 0 Å². The number of hydrogen-bond donors (Lipinski definition) is 0. The average Bonchev–Trinajstić information content (AvgIpc) is 3.39. The highest BCUT2D eigenvalue weighted by Gasteiger charge is 2.19. The molecule has 0 amide bonds. The summed E-state index contributed by atoms with van der Waals surface area (Å²) in [5, 5.41) is 0. The van der Waals surface area contributed by atoms with Crippen molar-refractivity contribution in [1.29, 1.82) is 0 Å². The summed E-state index contributed by atoms with van der Waals surface area (Å²) in [6.07, 6.45) is 78.0. The van der Waals surface area contributed by atoms with E-state index >= 15 is 0 Å². The Labute approximate surface area is 453 Å². The lowest BCUT2D eigenvalue weighted by molar-refractivity contribution is -0.167. The third kappa shape index (κ3) is 59.9. The molecular formula is C67H120O6. The lowest BCUT2D eigenvalue weighted by Crippen LogP contribution is -2.30. The summed E-state index contributed by atoms with van der Waals surface area (Å²) in [5.74, 6) is -0.875. The summed E-state index contributed by atoms with van der Waals surface area (Å²) in [7, 11) is 0. The zero-order chi connectivity index (χ0) is 52.9. The molecular weight excluding hydrogens is 901 g/mol. The Morgan fingerprint density at radius 3 is 0.863 bits per heavy atom. The number of allylic oxidation sites excluding steroid dienone is 10. The molecule has 0 bridgehead atoms. The van der Waals surface area contributed by atoms with Gasteiger partial charge in [0.2, 0.25) is 0 Å². The van der Waals surface area contributed by atoms with Crippen molar-refractivity contribution in [1.82, 2.24) is 0 Å². The normalized spacial score (nSPS) is 12.4. The van der Waals surface area contributed by atoms with Gasteiger partial charge in [-0.3, -0.25) is 14.4 Å². The number of hydrogen-bond acceptors (Lipinski definition) is 6. The molecule has 0 aliphatic heterocycles. The first-order valence-electron chi connectivity index (χ1n) is 31.8. The molecule has 0 N–H and O–H groups in total. The maximum Gasteiger partial charge on any atom is 0.306 e. The second-order valence-corrected chi connectivity index (χ2v) is 21.3. The van der Waals surface area contributed by atoms with Crippen LogP contribution in [0.4, 0.5) is 0 Å². The van der Waals surface area contributed by atoms with Gasteiger partial charge < -0.3 is 14.2 Å². The van der Waals surface area contributed by atoms with Crippen LogP contribution in [0.1, 0.15) is 329 Å². The number of carbonyl (C=O) groups excluding carboxylic acids is 3. The average molecular weight is 1020 g/mol. The van der Waals surface area contributed by atoms with Crippen LogP contribution in [0.15, 0.2) is 60.8 Å². The summed E-state index contributed by atoms with van der Waals surface area (Å²) in [4.78, 5) is 38.3. The lowest BCUT2D eigenvalue weighted by Gasteiger charge is -2.18. The predicted octanol–water partition coefficient (Wildman–Crippen LogP) is 21.6. The first kappa shape index (κ1) is 70.1. The Bertz CT molecular complexity index is 1310. The SMILES string of the molecule is CC/C=C\C/C=C\C/C=C\C/C=C\CCCCCCCCCCC(=O)OCC(COC(=O)CCCCCCC/C=C\CCCCCC)OC(=O)CCCCCCCCCCCCCCCCCCCCCCC. The first-order chi connectivity index (χ1) is 36.0. The number of esters is 3. The van der Waals surface area contributed by atoms with E-state index in [9.17, 15) is 14.4 Å². The molecule has 6 heteroatoms. The van der Waals surface area contributed by atoms with Crippen LogP contribution < -0.4 is 0 Å². The Morgan fingerprint density at radius 2 is 0.534 bits per heavy atom. The fourth-order valence-corrected chi connectivity index (χ4v) is 9.25. The van der Waals surface area contributed by atoms with E-state index in [1.54, 1.807) is 0 Å². The molecule has 0 rings (SSSR count). The van der Waals surface area contributed by atoms with Gasteiger partial charge in [-0.05, 0) is 83.5 Å². The van der Waals surface area contributed by atoms with Gasteiger partial charge in [0.05, 0.1) is 0 Å². The van der Waals surface area contributed by atoms with Gasteiger partial charge in [-0.25, -0.2) is 0 Å². The fraction of sp³-hybridized carbons (Fsp3) is 0.806. The minimum absolute atomic E-state index is 0.0780. The molecule has 1 atom stereocenters. The van der Waals surface area contributed by atoms with Crippen molar-refractivity contribution in [3.63, 3.8) is 0 Å². The fourth-order valence-electron chi connectivity index (χ4n) is 9.25. The van der Waals surface area contributed by atoms with Crippen molar-refractivity contribution in [2.75, 3.05) is 13.2 Å². The van der Waals surface area contributed by atoms with Crippen LogP contribution in [0.25, 0.3) is 0 Å². The number of carbonyl (C=O) groups is 3. The van der Waals surface area contributed by atoms with Crippen molar-refractivity contribution < 1.29 is 28.6 Å². The molecule has 0 aromatic carbocycles. The zero-order valence-corrected chi connectivity index (χ0v) is 48.7. The smallest absolute Gasteiger partial charge is 0.306 e. The summed E-state index contributed by atoms with van der Waals surface area (Å²) in [5.41, 5.74) is 0. The Kier molecular flexibility index (Phi) is 59.2. The van der Waals surface area contributed by atoms with Gasteiger partial charge in [0, 0.05) is 19.3 Å². The van der Waals surface area contributed by atoms with Gasteiger partial charge in [0.25, 0.3) is 0 Å². The van der Waals surface area contributed by atoms with E-state index in [1.807, 2.05) is 0 Å². The molecule has 0 aliphatic carbocycles. The van der Waals surface area contributed by atoms with E-state index in [2.05, 4.69) is 81.5 Å². The van der Waals surface area contributed by atoms with Crippen molar-refractivity contribution in [3.05, 3.63) is 60.8 Å². The number of rotatable bonds is 58. The molecule has 0 spiro atoms. The van der Waals surface area contributed by atoms with E-state index in [-0.39, 0.29) is 31.1 Å². The Balaban J connectivity index is 4.32. The van der Waals surface area contributed by atoms with E-state index in [1.165, 1.54) is 193 Å². The van der Waals surface area contributed by atoms with Gasteiger partial charge >= 0.3 is 17.9 Å². The highest BCUT2D eigenvalue weighted by Crippen LogP contribution is 2.17. The van der Waals surface area contributed by atoms with Crippen LogP contribution in [0.5, 0.6) is 0 Å². The number of ether oxygens (including phenoxy) is 3. The molecule has 6 nitrogen and oxygen atoms in total. The first-order valence-corrected chi connectivity index (χ1v) is 31.8. The Morgan fingerprint density at radius 1 is 0.288 bits per heavy atom. The monoisotopic (exact) mass is 1020 g/mol. The van der Waals surface area contributed by atoms with Crippen LogP contribution in [-0.4, -0.2) is 37.2 Å². The minimum Gasteiger partial charge on any atom is -0.462 e. The standard InChI is InChI=1S/C67H120O6/c1-4-7-10-13-16-19-22-25-27-29-31-33-35-37-39-42-45-48-51-54-57-60-66(69)72-63-64(62-71-65(68)59-56-53-50-47-44-41-24-21-18-15-12-9-6-3)73-67(70)61-58-55-52-49-46-43-40-38-36-34-32-30-28-26-23-20-17-14-11-8-5-2/h7,10,16,19,21,24-25,27,31,33,64H,4-6,8-9,11-15,17-18,20,22-23,26,28-30,32,34-63H2,1-3H3/b10-7-,19-16-,24-21-,27-25-,33-31-. The largest absolute Gasteiger partial charge is 0.462 e. The maximum atomic E-state index is 12.9. The van der Waals surface area contributed by atoms with Gasteiger partial charge in [-0.2, -0.15) is 0 Å². The zero-order valence-electron chi connectivity index (χ0n) is 48.7. The third-order valence-electron chi connectivity index (χ3n) is 14.0. The van der Waals surface area contributed by atoms with Crippen molar-refractivity contribution in [2.24, 2.45) is 0 Å². The van der Waals surface area contributed by atoms with Crippen LogP contribution in [0, 0.1) is 0 Å². The van der Waals surface area contributed by atoms with Crippen molar-refractivity contribution in [3.8, 4) is 0 Å². The molecule has 0 saturated heterocycles. The van der Waals surface area contributed by atoms with E-state index < -0.39 is 6.10 Å². The third-order valence-corrected chi connectivity index (χ3v) is 14.0. The summed E-state index contributed by atoms with van der Waals surface area (Å²) in [6.45, 7) is 6.55. The number of unbranched alkanes of at least 4 members (excludes halogenated alkanes) is 37. The maximum absolute atomic E-state index is 12.9. The highest BCUT2D eigenvalue weighted by molar-refractivity contribution is 5.71. The van der Waals surface area contributed by atoms with Crippen molar-refractivity contribution >= 4 is 17.9 Å². The molecule has 0 fully saturated rings. The predicted molar refractivity (Wildman–Crippen MR) is 316 cm³/mol. The van der Waals surface area contributed by atoms with Crippen molar-refractivity contribution in [2.45, 2.75) is 335 Å². The van der Waals surface area contributed by atoms with Gasteiger partial charge in [-0.1, -0.05) is 287 Å². The molecule has 73 heavy (non-hydrogen) atoms. The minimum atomic E-state index is -0.780. The van der Waals surface area contributed by atoms with Gasteiger partial charge in [0.15, 0.2) is 6.10 Å². The molecule has 0 saturated carbocycles. The molecule has 0 aromatic heterocycles. The lowest BCUT2D eigenvalue weighted by atomic mass is 10.0. The van der Waals surface area contributed by atoms with Crippen LogP contribution in [-0.2, 0) is 28.6 Å². The summed E-state index contributed by atoms with van der Waals surface area (Å²) >= 11 is 0. The van der Waals surface area contributed by atoms with Crippen LogP contribution in [0.3, 0.4) is 0 Å². The van der Waals surface area contributed by atoms with Gasteiger partial charge in [0.1, 0.15) is 13.2 Å². The molecule has 0 radical (unpaired) electrons. The second kappa shape index (κ2) is 61.7. The van der Waals surface area contributed by atoms with Crippen LogP contribution >= 0.6 is 0 Å². The van der Waals surface area contributed by atoms with E-state index in [4.69, 9.17) is 14.2 Å².